The molecule has 2 heterocycles. The standard InChI is InChI=1S/C22H18F3N5O/c1-30-20(9-10-27-30)29-19-12-17(16-7-2-3-8-18(16)28-19)21(31)26-13-14-5-4-6-15(11-14)22(23,24)25/h2-12H,13H2,1H3,(H,26,31)(H,28,29). The highest BCUT2D eigenvalue weighted by Gasteiger charge is 2.30. The Balaban J connectivity index is 1.60. The van der Waals surface area contributed by atoms with Crippen LogP contribution in [0.4, 0.5) is 24.8 Å². The molecule has 9 heteroatoms. The first-order chi connectivity index (χ1) is 14.8. The summed E-state index contributed by atoms with van der Waals surface area (Å²) in [6.07, 6.45) is -2.81. The minimum Gasteiger partial charge on any atom is -0.348 e. The SMILES string of the molecule is Cn1nccc1Nc1cc(C(=O)NCc2cccc(C(F)(F)F)c2)c2ccccc2n1. The molecule has 2 aromatic carbocycles. The molecule has 2 N–H and O–H groups in total. The molecule has 0 radical (unpaired) electrons. The molecule has 31 heavy (non-hydrogen) atoms. The van der Waals surface area contributed by atoms with Crippen molar-refractivity contribution >= 4 is 28.4 Å². The predicted octanol–water partition coefficient (Wildman–Crippen LogP) is 4.66. The van der Waals surface area contributed by atoms with Gasteiger partial charge in [-0.25, -0.2) is 4.98 Å². The zero-order valence-corrected chi connectivity index (χ0v) is 16.4. The summed E-state index contributed by atoms with van der Waals surface area (Å²) in [7, 11) is 1.77. The quantitative estimate of drug-likeness (QED) is 0.488. The van der Waals surface area contributed by atoms with E-state index in [0.29, 0.717) is 33.7 Å². The summed E-state index contributed by atoms with van der Waals surface area (Å²) < 4.78 is 40.4. The van der Waals surface area contributed by atoms with Gasteiger partial charge in [-0.1, -0.05) is 30.3 Å². The van der Waals surface area contributed by atoms with Crippen LogP contribution in [0.2, 0.25) is 0 Å². The number of amides is 1. The third-order valence-electron chi connectivity index (χ3n) is 4.75. The van der Waals surface area contributed by atoms with Gasteiger partial charge in [-0.05, 0) is 29.8 Å². The molecule has 158 valence electrons. The van der Waals surface area contributed by atoms with Crippen molar-refractivity contribution in [2.24, 2.45) is 7.05 Å². The maximum absolute atomic E-state index is 12.9. The summed E-state index contributed by atoms with van der Waals surface area (Å²) in [6, 6.07) is 15.4. The van der Waals surface area contributed by atoms with Crippen LogP contribution in [0.1, 0.15) is 21.5 Å². The number of fused-ring (bicyclic) bond motifs is 1. The number of carbonyl (C=O) groups is 1. The maximum atomic E-state index is 12.9. The van der Waals surface area contributed by atoms with Gasteiger partial charge >= 0.3 is 6.18 Å². The Morgan fingerprint density at radius 3 is 2.61 bits per heavy atom. The average Bonchev–Trinajstić information content (AvgIpc) is 3.15. The fourth-order valence-electron chi connectivity index (χ4n) is 3.19. The number of pyridine rings is 1. The van der Waals surface area contributed by atoms with Crippen LogP contribution in [0, 0.1) is 0 Å². The first kappa shape index (κ1) is 20.4. The molecule has 2 aromatic heterocycles. The summed E-state index contributed by atoms with van der Waals surface area (Å²) in [4.78, 5) is 17.5. The number of benzene rings is 2. The highest BCUT2D eigenvalue weighted by atomic mass is 19.4. The Morgan fingerprint density at radius 1 is 1.06 bits per heavy atom. The third-order valence-corrected chi connectivity index (χ3v) is 4.75. The van der Waals surface area contributed by atoms with Crippen molar-refractivity contribution in [1.29, 1.82) is 0 Å². The van der Waals surface area contributed by atoms with E-state index >= 15 is 0 Å². The van der Waals surface area contributed by atoms with Crippen LogP contribution in [0.15, 0.2) is 66.9 Å². The minimum absolute atomic E-state index is 0.0378. The molecule has 0 bridgehead atoms. The Hall–Kier alpha value is -3.88. The lowest BCUT2D eigenvalue weighted by Gasteiger charge is -2.12. The number of hydrogen-bond acceptors (Lipinski definition) is 4. The molecule has 0 aliphatic carbocycles. The van der Waals surface area contributed by atoms with Gasteiger partial charge in [-0.2, -0.15) is 18.3 Å². The van der Waals surface area contributed by atoms with Crippen molar-refractivity contribution in [2.45, 2.75) is 12.7 Å². The van der Waals surface area contributed by atoms with E-state index < -0.39 is 17.6 Å². The lowest BCUT2D eigenvalue weighted by atomic mass is 10.1. The number of anilines is 2. The Kier molecular flexibility index (Phi) is 5.33. The number of para-hydroxylation sites is 1. The van der Waals surface area contributed by atoms with E-state index in [1.54, 1.807) is 48.3 Å². The van der Waals surface area contributed by atoms with Crippen LogP contribution in [-0.4, -0.2) is 20.7 Å². The molecule has 6 nitrogen and oxygen atoms in total. The van der Waals surface area contributed by atoms with Crippen molar-refractivity contribution < 1.29 is 18.0 Å². The lowest BCUT2D eigenvalue weighted by Crippen LogP contribution is -2.23. The van der Waals surface area contributed by atoms with Gasteiger partial charge in [-0.3, -0.25) is 9.48 Å². The average molecular weight is 425 g/mol. The van der Waals surface area contributed by atoms with Gasteiger partial charge in [0, 0.05) is 25.0 Å². The van der Waals surface area contributed by atoms with Gasteiger partial charge in [0.05, 0.1) is 22.8 Å². The molecule has 0 aliphatic rings. The second-order valence-electron chi connectivity index (χ2n) is 6.92. The van der Waals surface area contributed by atoms with E-state index in [1.807, 2.05) is 6.07 Å². The number of aryl methyl sites for hydroxylation is 1. The number of nitrogens with one attached hydrogen (secondary N) is 2. The summed E-state index contributed by atoms with van der Waals surface area (Å²) >= 11 is 0. The number of hydrogen-bond donors (Lipinski definition) is 2. The summed E-state index contributed by atoms with van der Waals surface area (Å²) in [5.41, 5.74) is 0.576. The Morgan fingerprint density at radius 2 is 1.87 bits per heavy atom. The van der Waals surface area contributed by atoms with E-state index in [-0.39, 0.29) is 6.54 Å². The van der Waals surface area contributed by atoms with Crippen LogP contribution in [0.25, 0.3) is 10.9 Å². The fourth-order valence-corrected chi connectivity index (χ4v) is 3.19. The smallest absolute Gasteiger partial charge is 0.348 e. The van der Waals surface area contributed by atoms with Crippen molar-refractivity contribution in [2.75, 3.05) is 5.32 Å². The molecule has 0 saturated heterocycles. The molecule has 0 spiro atoms. The van der Waals surface area contributed by atoms with Crippen molar-refractivity contribution in [1.82, 2.24) is 20.1 Å². The Labute approximate surface area is 175 Å². The zero-order valence-electron chi connectivity index (χ0n) is 16.4. The van der Waals surface area contributed by atoms with Gasteiger partial charge in [0.2, 0.25) is 0 Å². The summed E-state index contributed by atoms with van der Waals surface area (Å²) in [6.45, 7) is -0.0378. The van der Waals surface area contributed by atoms with Crippen molar-refractivity contribution in [3.05, 3.63) is 83.6 Å². The van der Waals surface area contributed by atoms with Crippen LogP contribution >= 0.6 is 0 Å². The molecule has 0 fully saturated rings. The number of aromatic nitrogens is 3. The predicted molar refractivity (Wildman–Crippen MR) is 111 cm³/mol. The normalized spacial score (nSPS) is 11.5. The topological polar surface area (TPSA) is 71.8 Å². The van der Waals surface area contributed by atoms with E-state index in [1.165, 1.54) is 12.1 Å². The zero-order chi connectivity index (χ0) is 22.0. The number of alkyl halides is 3. The molecule has 1 amide bonds. The van der Waals surface area contributed by atoms with Crippen molar-refractivity contribution in [3.63, 3.8) is 0 Å². The number of halogens is 3. The molecular weight excluding hydrogens is 407 g/mol. The Bertz CT molecular complexity index is 1250. The van der Waals surface area contributed by atoms with Gasteiger partial charge in [0.25, 0.3) is 5.91 Å². The first-order valence-corrected chi connectivity index (χ1v) is 9.40. The fraction of sp³-hybridized carbons (Fsp3) is 0.136. The van der Waals surface area contributed by atoms with Gasteiger partial charge in [-0.15, -0.1) is 0 Å². The highest BCUT2D eigenvalue weighted by Crippen LogP contribution is 2.29. The molecule has 0 unspecified atom stereocenters. The van der Waals surface area contributed by atoms with E-state index in [9.17, 15) is 18.0 Å². The molecule has 4 rings (SSSR count). The lowest BCUT2D eigenvalue weighted by molar-refractivity contribution is -0.137. The molecular formula is C22H18F3N5O. The van der Waals surface area contributed by atoms with Crippen LogP contribution in [-0.2, 0) is 19.8 Å². The van der Waals surface area contributed by atoms with Crippen molar-refractivity contribution in [3.8, 4) is 0 Å². The van der Waals surface area contributed by atoms with Gasteiger partial charge < -0.3 is 10.6 Å². The summed E-state index contributed by atoms with van der Waals surface area (Å²) in [5.74, 6) is 0.730. The van der Waals surface area contributed by atoms with Crippen LogP contribution < -0.4 is 10.6 Å². The van der Waals surface area contributed by atoms with Gasteiger partial charge in [0.1, 0.15) is 11.6 Å². The second-order valence-corrected chi connectivity index (χ2v) is 6.92. The van der Waals surface area contributed by atoms with Crippen LogP contribution in [0.5, 0.6) is 0 Å². The molecule has 0 atom stereocenters. The van der Waals surface area contributed by atoms with E-state index in [2.05, 4.69) is 20.7 Å². The highest BCUT2D eigenvalue weighted by molar-refractivity contribution is 6.07. The maximum Gasteiger partial charge on any atom is 0.416 e. The van der Waals surface area contributed by atoms with Gasteiger partial charge in [0.15, 0.2) is 0 Å². The second kappa shape index (κ2) is 8.10. The van der Waals surface area contributed by atoms with E-state index in [4.69, 9.17) is 0 Å². The molecule has 0 saturated carbocycles. The number of nitrogens with zero attached hydrogens (tertiary/aromatic N) is 3. The molecule has 0 aliphatic heterocycles. The van der Waals surface area contributed by atoms with Crippen LogP contribution in [0.3, 0.4) is 0 Å². The number of rotatable bonds is 5. The third kappa shape index (κ3) is 4.50. The monoisotopic (exact) mass is 425 g/mol. The van der Waals surface area contributed by atoms with E-state index in [0.717, 1.165) is 12.1 Å². The molecule has 4 aromatic rings. The largest absolute Gasteiger partial charge is 0.416 e. The minimum atomic E-state index is -4.44. The number of carbonyl (C=O) groups excluding carboxylic acids is 1. The summed E-state index contributed by atoms with van der Waals surface area (Å²) in [5, 5.41) is 10.6. The first-order valence-electron chi connectivity index (χ1n) is 9.40.